The van der Waals surface area contributed by atoms with Crippen LogP contribution in [0.4, 0.5) is 0 Å². The van der Waals surface area contributed by atoms with E-state index in [0.717, 1.165) is 25.2 Å². The highest BCUT2D eigenvalue weighted by Gasteiger charge is 2.14. The summed E-state index contributed by atoms with van der Waals surface area (Å²) in [5.41, 5.74) is 0. The van der Waals surface area contributed by atoms with E-state index in [1.807, 2.05) is 0 Å². The SMILES string of the molecule is C=CC(O)CCCCC.CC(C)CC(C)CC(O)C(C)C. The highest BCUT2D eigenvalue weighted by molar-refractivity contribution is 4.77. The molecule has 0 amide bonds. The Hall–Kier alpha value is -0.340. The van der Waals surface area contributed by atoms with Crippen LogP contribution in [0.15, 0.2) is 12.7 Å². The summed E-state index contributed by atoms with van der Waals surface area (Å²) in [6, 6.07) is 0. The Balaban J connectivity index is 0. The molecule has 0 saturated heterocycles. The van der Waals surface area contributed by atoms with Crippen LogP contribution in [0.2, 0.25) is 0 Å². The maximum Gasteiger partial charge on any atom is 0.0718 e. The van der Waals surface area contributed by atoms with Gasteiger partial charge in [-0.15, -0.1) is 6.58 Å². The van der Waals surface area contributed by atoms with E-state index >= 15 is 0 Å². The lowest BCUT2D eigenvalue weighted by Gasteiger charge is -2.20. The average molecular weight is 301 g/mol. The predicted octanol–water partition coefficient (Wildman–Crippen LogP) is 5.19. The van der Waals surface area contributed by atoms with Gasteiger partial charge in [-0.1, -0.05) is 66.9 Å². The number of unbranched alkanes of at least 4 members (excludes halogenated alkanes) is 2. The highest BCUT2D eigenvalue weighted by Crippen LogP contribution is 2.19. The normalized spacial score (nSPS) is 15.3. The Morgan fingerprint density at radius 2 is 1.52 bits per heavy atom. The van der Waals surface area contributed by atoms with Gasteiger partial charge in [-0.3, -0.25) is 0 Å². The molecular formula is C19H40O2. The van der Waals surface area contributed by atoms with Crippen molar-refractivity contribution in [3.05, 3.63) is 12.7 Å². The molecule has 0 rings (SSSR count). The van der Waals surface area contributed by atoms with Crippen molar-refractivity contribution in [1.82, 2.24) is 0 Å². The van der Waals surface area contributed by atoms with E-state index in [0.29, 0.717) is 11.8 Å². The summed E-state index contributed by atoms with van der Waals surface area (Å²) in [7, 11) is 0. The minimum Gasteiger partial charge on any atom is -0.393 e. The highest BCUT2D eigenvalue weighted by atomic mass is 16.3. The van der Waals surface area contributed by atoms with Gasteiger partial charge in [-0.25, -0.2) is 0 Å². The number of aliphatic hydroxyl groups is 2. The van der Waals surface area contributed by atoms with Crippen LogP contribution in [0.1, 0.15) is 80.1 Å². The lowest BCUT2D eigenvalue weighted by Crippen LogP contribution is -2.18. The summed E-state index contributed by atoms with van der Waals surface area (Å²) in [5, 5.41) is 18.6. The number of hydrogen-bond acceptors (Lipinski definition) is 2. The molecular weight excluding hydrogens is 260 g/mol. The second-order valence-corrected chi connectivity index (χ2v) is 7.08. The first-order chi connectivity index (χ1) is 9.74. The van der Waals surface area contributed by atoms with Crippen LogP contribution < -0.4 is 0 Å². The predicted molar refractivity (Wildman–Crippen MR) is 94.4 cm³/mol. The van der Waals surface area contributed by atoms with E-state index in [2.05, 4.69) is 48.1 Å². The minimum absolute atomic E-state index is 0.112. The zero-order valence-electron chi connectivity index (χ0n) is 15.3. The molecule has 0 saturated carbocycles. The maximum absolute atomic E-state index is 9.61. The van der Waals surface area contributed by atoms with Crippen molar-refractivity contribution in [2.75, 3.05) is 0 Å². The van der Waals surface area contributed by atoms with E-state index in [4.69, 9.17) is 5.11 Å². The molecule has 0 radical (unpaired) electrons. The number of rotatable bonds is 10. The number of aliphatic hydroxyl groups excluding tert-OH is 2. The van der Waals surface area contributed by atoms with Gasteiger partial charge in [-0.2, -0.15) is 0 Å². The summed E-state index contributed by atoms with van der Waals surface area (Å²) >= 11 is 0. The van der Waals surface area contributed by atoms with E-state index in [-0.39, 0.29) is 12.2 Å². The van der Waals surface area contributed by atoms with Crippen molar-refractivity contribution in [2.24, 2.45) is 17.8 Å². The van der Waals surface area contributed by atoms with Gasteiger partial charge in [0.2, 0.25) is 0 Å². The summed E-state index contributed by atoms with van der Waals surface area (Å²) in [6.45, 7) is 16.5. The van der Waals surface area contributed by atoms with Gasteiger partial charge >= 0.3 is 0 Å². The van der Waals surface area contributed by atoms with Gasteiger partial charge in [-0.05, 0) is 37.0 Å². The molecule has 0 bridgehead atoms. The van der Waals surface area contributed by atoms with Crippen molar-refractivity contribution in [1.29, 1.82) is 0 Å². The minimum atomic E-state index is -0.281. The summed E-state index contributed by atoms with van der Waals surface area (Å²) in [4.78, 5) is 0. The van der Waals surface area contributed by atoms with Crippen molar-refractivity contribution < 1.29 is 10.2 Å². The lowest BCUT2D eigenvalue weighted by atomic mass is 9.90. The molecule has 0 aromatic heterocycles. The fourth-order valence-corrected chi connectivity index (χ4v) is 2.31. The third-order valence-corrected chi connectivity index (χ3v) is 3.66. The first kappa shape index (κ1) is 22.9. The average Bonchev–Trinajstić information content (AvgIpc) is 2.38. The Morgan fingerprint density at radius 3 is 1.90 bits per heavy atom. The van der Waals surface area contributed by atoms with Gasteiger partial charge in [0, 0.05) is 0 Å². The quantitative estimate of drug-likeness (QED) is 0.430. The van der Waals surface area contributed by atoms with Gasteiger partial charge in [0.05, 0.1) is 12.2 Å². The van der Waals surface area contributed by atoms with E-state index in [1.165, 1.54) is 19.3 Å². The Kier molecular flexibility index (Phi) is 15.9. The fourth-order valence-electron chi connectivity index (χ4n) is 2.31. The van der Waals surface area contributed by atoms with Gasteiger partial charge < -0.3 is 10.2 Å². The van der Waals surface area contributed by atoms with Crippen molar-refractivity contribution >= 4 is 0 Å². The zero-order valence-corrected chi connectivity index (χ0v) is 15.3. The van der Waals surface area contributed by atoms with E-state index in [1.54, 1.807) is 6.08 Å². The molecule has 128 valence electrons. The Bertz CT molecular complexity index is 224. The zero-order chi connectivity index (χ0) is 16.8. The fraction of sp³-hybridized carbons (Fsp3) is 0.895. The molecule has 2 nitrogen and oxygen atoms in total. The van der Waals surface area contributed by atoms with Crippen molar-refractivity contribution in [3.63, 3.8) is 0 Å². The molecule has 0 aromatic carbocycles. The van der Waals surface area contributed by atoms with E-state index in [9.17, 15) is 5.11 Å². The third kappa shape index (κ3) is 17.6. The molecule has 0 aliphatic heterocycles. The van der Waals surface area contributed by atoms with Crippen LogP contribution in [0.5, 0.6) is 0 Å². The Morgan fingerprint density at radius 1 is 0.952 bits per heavy atom. The smallest absolute Gasteiger partial charge is 0.0718 e. The molecule has 21 heavy (non-hydrogen) atoms. The van der Waals surface area contributed by atoms with Crippen LogP contribution in [-0.4, -0.2) is 22.4 Å². The molecule has 0 spiro atoms. The molecule has 0 aromatic rings. The largest absolute Gasteiger partial charge is 0.393 e. The molecule has 2 N–H and O–H groups in total. The topological polar surface area (TPSA) is 40.5 Å². The molecule has 0 fully saturated rings. The first-order valence-corrected chi connectivity index (χ1v) is 8.73. The first-order valence-electron chi connectivity index (χ1n) is 8.73. The van der Waals surface area contributed by atoms with Crippen LogP contribution in [0.3, 0.4) is 0 Å². The molecule has 2 heteroatoms. The third-order valence-electron chi connectivity index (χ3n) is 3.66. The van der Waals surface area contributed by atoms with Crippen molar-refractivity contribution in [3.8, 4) is 0 Å². The van der Waals surface area contributed by atoms with Crippen LogP contribution in [0, 0.1) is 17.8 Å². The maximum atomic E-state index is 9.61. The van der Waals surface area contributed by atoms with Crippen LogP contribution in [0.25, 0.3) is 0 Å². The summed E-state index contributed by atoms with van der Waals surface area (Å²) in [6.07, 6.45) is 7.79. The standard InChI is InChI=1S/C11H24O.C8H16O/c1-8(2)6-10(5)7-11(12)9(3)4;1-3-5-6-7-8(9)4-2/h8-12H,6-7H2,1-5H3;4,8-9H,2-3,5-7H2,1H3. The van der Waals surface area contributed by atoms with Gasteiger partial charge in [0.15, 0.2) is 0 Å². The molecule has 0 heterocycles. The summed E-state index contributed by atoms with van der Waals surface area (Å²) in [5.74, 6) is 1.81. The van der Waals surface area contributed by atoms with Gasteiger partial charge in [0.25, 0.3) is 0 Å². The molecule has 3 atom stereocenters. The lowest BCUT2D eigenvalue weighted by molar-refractivity contribution is 0.0961. The van der Waals surface area contributed by atoms with Crippen molar-refractivity contribution in [2.45, 2.75) is 92.3 Å². The Labute approximate surface area is 133 Å². The second kappa shape index (κ2) is 14.6. The monoisotopic (exact) mass is 300 g/mol. The van der Waals surface area contributed by atoms with E-state index < -0.39 is 0 Å². The molecule has 3 unspecified atom stereocenters. The van der Waals surface area contributed by atoms with Gasteiger partial charge in [0.1, 0.15) is 0 Å². The molecule has 0 aliphatic carbocycles. The van der Waals surface area contributed by atoms with Crippen LogP contribution in [-0.2, 0) is 0 Å². The second-order valence-electron chi connectivity index (χ2n) is 7.08. The van der Waals surface area contributed by atoms with Crippen LogP contribution >= 0.6 is 0 Å². The molecule has 0 aliphatic rings. The number of hydrogen-bond donors (Lipinski definition) is 2. The summed E-state index contributed by atoms with van der Waals surface area (Å²) < 4.78 is 0.